The number of hydrogen-bond acceptors (Lipinski definition) is 6. The van der Waals surface area contributed by atoms with Crippen molar-refractivity contribution in [3.8, 4) is 0 Å². The van der Waals surface area contributed by atoms with Gasteiger partial charge >= 0.3 is 5.97 Å². The van der Waals surface area contributed by atoms with Crippen molar-refractivity contribution in [1.82, 2.24) is 15.0 Å². The molecule has 8 nitrogen and oxygen atoms in total. The molecule has 0 bridgehead atoms. The molecule has 1 heterocycles. The molecule has 15 heavy (non-hydrogen) atoms. The lowest BCUT2D eigenvalue weighted by Gasteiger charge is -1.99. The predicted octanol–water partition coefficient (Wildman–Crippen LogP) is -1.26. The summed E-state index contributed by atoms with van der Waals surface area (Å²) in [5, 5.41) is 14.7. The Morgan fingerprint density at radius 1 is 1.60 bits per heavy atom. The van der Waals surface area contributed by atoms with Crippen LogP contribution in [0.5, 0.6) is 0 Å². The Labute approximate surface area is 85.6 Å². The molecule has 0 unspecified atom stereocenters. The molecule has 0 aliphatic heterocycles. The van der Waals surface area contributed by atoms with Gasteiger partial charge in [0, 0.05) is 6.54 Å². The molecule has 0 saturated heterocycles. The van der Waals surface area contributed by atoms with Gasteiger partial charge in [0.15, 0.2) is 11.6 Å². The highest BCUT2D eigenvalue weighted by atomic mass is 32.2. The van der Waals surface area contributed by atoms with Gasteiger partial charge in [0.2, 0.25) is 14.9 Å². The first-order chi connectivity index (χ1) is 6.88. The number of nitrogens with two attached hydrogens (primary N) is 1. The van der Waals surface area contributed by atoms with Crippen LogP contribution in [0.2, 0.25) is 0 Å². The Hall–Kier alpha value is -1.64. The van der Waals surface area contributed by atoms with Crippen LogP contribution in [-0.2, 0) is 21.2 Å². The average molecular weight is 234 g/mol. The summed E-state index contributed by atoms with van der Waals surface area (Å²) in [5.74, 6) is -2.64. The molecular formula is C6H10N4O4S. The minimum Gasteiger partial charge on any atom is -0.480 e. The molecular weight excluding hydrogens is 224 g/mol. The number of rotatable bonds is 4. The third kappa shape index (κ3) is 2.24. The number of anilines is 1. The van der Waals surface area contributed by atoms with Crippen molar-refractivity contribution >= 4 is 21.6 Å². The molecule has 0 radical (unpaired) electrons. The van der Waals surface area contributed by atoms with Crippen LogP contribution in [0.4, 0.5) is 5.82 Å². The van der Waals surface area contributed by atoms with Crippen molar-refractivity contribution in [3.05, 3.63) is 0 Å². The quantitative estimate of drug-likeness (QED) is 0.665. The minimum atomic E-state index is -4.00. The summed E-state index contributed by atoms with van der Waals surface area (Å²) in [5.41, 5.74) is 5.44. The van der Waals surface area contributed by atoms with Crippen molar-refractivity contribution < 1.29 is 18.3 Å². The van der Waals surface area contributed by atoms with Gasteiger partial charge in [-0.25, -0.2) is 13.1 Å². The second-order valence-corrected chi connectivity index (χ2v) is 4.65. The second-order valence-electron chi connectivity index (χ2n) is 2.75. The SMILES string of the molecule is CCn1nnc(S(=O)(=O)CC(=O)O)c1N. The maximum absolute atomic E-state index is 11.4. The third-order valence-electron chi connectivity index (χ3n) is 1.65. The topological polar surface area (TPSA) is 128 Å². The lowest BCUT2D eigenvalue weighted by atomic mass is 10.7. The summed E-state index contributed by atoms with van der Waals surface area (Å²) in [4.78, 5) is 10.3. The van der Waals surface area contributed by atoms with Gasteiger partial charge in [0.25, 0.3) is 0 Å². The van der Waals surface area contributed by atoms with Gasteiger partial charge < -0.3 is 10.8 Å². The number of hydrogen-bond donors (Lipinski definition) is 2. The van der Waals surface area contributed by atoms with Gasteiger partial charge in [0.05, 0.1) is 0 Å². The maximum atomic E-state index is 11.4. The molecule has 3 N–H and O–H groups in total. The van der Waals surface area contributed by atoms with Gasteiger partial charge in [-0.1, -0.05) is 5.21 Å². The summed E-state index contributed by atoms with van der Waals surface area (Å²) in [6.07, 6.45) is 0. The molecule has 0 aromatic carbocycles. The van der Waals surface area contributed by atoms with Crippen LogP contribution in [0.3, 0.4) is 0 Å². The largest absolute Gasteiger partial charge is 0.480 e. The van der Waals surface area contributed by atoms with Crippen LogP contribution in [0.1, 0.15) is 6.92 Å². The standard InChI is InChI=1S/C6H10N4O4S/c1-2-10-5(7)6(8-9-10)15(13,14)3-4(11)12/h2-3,7H2,1H3,(H,11,12). The van der Waals surface area contributed by atoms with Gasteiger partial charge in [-0.3, -0.25) is 4.79 Å². The van der Waals surface area contributed by atoms with Gasteiger partial charge in [-0.05, 0) is 6.92 Å². The molecule has 1 aromatic heterocycles. The van der Waals surface area contributed by atoms with E-state index in [9.17, 15) is 13.2 Å². The van der Waals surface area contributed by atoms with Crippen molar-refractivity contribution in [2.45, 2.75) is 18.5 Å². The molecule has 9 heteroatoms. The highest BCUT2D eigenvalue weighted by molar-refractivity contribution is 7.92. The molecule has 0 amide bonds. The minimum absolute atomic E-state index is 0.140. The number of aliphatic carboxylic acids is 1. The first-order valence-corrected chi connectivity index (χ1v) is 5.67. The Bertz CT molecular complexity index is 477. The molecule has 1 rings (SSSR count). The van der Waals surface area contributed by atoms with Crippen molar-refractivity contribution in [1.29, 1.82) is 0 Å². The Balaban J connectivity index is 3.16. The summed E-state index contributed by atoms with van der Waals surface area (Å²) in [6.45, 7) is 2.07. The molecule has 1 aromatic rings. The van der Waals surface area contributed by atoms with E-state index in [4.69, 9.17) is 10.8 Å². The van der Waals surface area contributed by atoms with Crippen molar-refractivity contribution in [3.63, 3.8) is 0 Å². The van der Waals surface area contributed by atoms with Crippen molar-refractivity contribution in [2.75, 3.05) is 11.5 Å². The van der Waals surface area contributed by atoms with E-state index < -0.39 is 26.6 Å². The molecule has 0 spiro atoms. The Kier molecular flexibility index (Phi) is 2.93. The van der Waals surface area contributed by atoms with Crippen LogP contribution in [0.25, 0.3) is 0 Å². The zero-order valence-corrected chi connectivity index (χ0v) is 8.73. The van der Waals surface area contributed by atoms with E-state index in [1.165, 1.54) is 4.68 Å². The lowest BCUT2D eigenvalue weighted by molar-refractivity contribution is -0.134. The normalized spacial score (nSPS) is 11.5. The summed E-state index contributed by atoms with van der Waals surface area (Å²) >= 11 is 0. The number of nitrogen functional groups attached to an aromatic ring is 1. The van der Waals surface area contributed by atoms with E-state index in [1.807, 2.05) is 0 Å². The van der Waals surface area contributed by atoms with Crippen LogP contribution in [0.15, 0.2) is 5.03 Å². The molecule has 0 saturated carbocycles. The van der Waals surface area contributed by atoms with Gasteiger partial charge in [-0.2, -0.15) is 0 Å². The lowest BCUT2D eigenvalue weighted by Crippen LogP contribution is -2.17. The molecule has 84 valence electrons. The van der Waals surface area contributed by atoms with Gasteiger partial charge in [0.1, 0.15) is 0 Å². The van der Waals surface area contributed by atoms with Crippen LogP contribution in [0, 0.1) is 0 Å². The average Bonchev–Trinajstić information content (AvgIpc) is 2.44. The monoisotopic (exact) mass is 234 g/mol. The summed E-state index contributed by atoms with van der Waals surface area (Å²) < 4.78 is 24.0. The predicted molar refractivity (Wildman–Crippen MR) is 49.8 cm³/mol. The molecule has 0 fully saturated rings. The first-order valence-electron chi connectivity index (χ1n) is 4.02. The fraction of sp³-hybridized carbons (Fsp3) is 0.500. The highest BCUT2D eigenvalue weighted by Crippen LogP contribution is 2.15. The maximum Gasteiger partial charge on any atom is 0.319 e. The van der Waals surface area contributed by atoms with Crippen LogP contribution >= 0.6 is 0 Å². The van der Waals surface area contributed by atoms with E-state index in [1.54, 1.807) is 6.92 Å². The van der Waals surface area contributed by atoms with Crippen LogP contribution in [-0.4, -0.2) is 40.2 Å². The summed E-state index contributed by atoms with van der Waals surface area (Å²) in [7, 11) is -4.00. The fourth-order valence-electron chi connectivity index (χ4n) is 0.990. The number of aromatic nitrogens is 3. The number of carbonyl (C=O) groups is 1. The Morgan fingerprint density at radius 2 is 2.20 bits per heavy atom. The van der Waals surface area contributed by atoms with E-state index in [0.717, 1.165) is 0 Å². The zero-order chi connectivity index (χ0) is 11.6. The Morgan fingerprint density at radius 3 is 2.60 bits per heavy atom. The number of nitrogens with zero attached hydrogens (tertiary/aromatic N) is 3. The number of sulfone groups is 1. The van der Waals surface area contributed by atoms with E-state index in [2.05, 4.69) is 10.3 Å². The zero-order valence-electron chi connectivity index (χ0n) is 7.91. The van der Waals surface area contributed by atoms with Crippen molar-refractivity contribution in [2.24, 2.45) is 0 Å². The van der Waals surface area contributed by atoms with Gasteiger partial charge in [-0.15, -0.1) is 5.10 Å². The van der Waals surface area contributed by atoms with E-state index in [0.29, 0.717) is 6.54 Å². The molecule has 0 aliphatic carbocycles. The number of carboxylic acids is 1. The fourth-order valence-corrected chi connectivity index (χ4v) is 2.04. The molecule has 0 atom stereocenters. The third-order valence-corrected chi connectivity index (χ3v) is 3.16. The van der Waals surface area contributed by atoms with E-state index >= 15 is 0 Å². The molecule has 0 aliphatic rings. The highest BCUT2D eigenvalue weighted by Gasteiger charge is 2.26. The van der Waals surface area contributed by atoms with E-state index in [-0.39, 0.29) is 5.82 Å². The number of aryl methyl sites for hydroxylation is 1. The summed E-state index contributed by atoms with van der Waals surface area (Å²) in [6, 6.07) is 0. The van der Waals surface area contributed by atoms with Crippen LogP contribution < -0.4 is 5.73 Å². The first kappa shape index (κ1) is 11.4. The second kappa shape index (κ2) is 3.85. The smallest absolute Gasteiger partial charge is 0.319 e. The number of carboxylic acid groups (broad SMARTS) is 1.